The molecule has 15 heavy (non-hydrogen) atoms. The van der Waals surface area contributed by atoms with Crippen LogP contribution in [0, 0.1) is 24.1 Å². The van der Waals surface area contributed by atoms with Crippen LogP contribution in [0.25, 0.3) is 0 Å². The summed E-state index contributed by atoms with van der Waals surface area (Å²) in [7, 11) is 0. The van der Waals surface area contributed by atoms with E-state index in [-0.39, 0.29) is 11.2 Å². The number of hydrogen-bond donors (Lipinski definition) is 1. The first-order chi connectivity index (χ1) is 6.92. The highest BCUT2D eigenvalue weighted by atomic mass is 19.1. The van der Waals surface area contributed by atoms with E-state index in [1.54, 1.807) is 6.07 Å². The van der Waals surface area contributed by atoms with Crippen molar-refractivity contribution in [1.29, 1.82) is 0 Å². The van der Waals surface area contributed by atoms with Crippen molar-refractivity contribution in [2.75, 3.05) is 0 Å². The first-order valence-corrected chi connectivity index (χ1v) is 5.36. The van der Waals surface area contributed by atoms with Crippen LogP contribution < -0.4 is 0 Å². The van der Waals surface area contributed by atoms with E-state index in [4.69, 9.17) is 0 Å². The summed E-state index contributed by atoms with van der Waals surface area (Å²) >= 11 is 0. The predicted octanol–water partition coefficient (Wildman–Crippen LogP) is 3.21. The van der Waals surface area contributed by atoms with Gasteiger partial charge in [0, 0.05) is 0 Å². The first-order valence-electron chi connectivity index (χ1n) is 5.36. The van der Waals surface area contributed by atoms with Crippen molar-refractivity contribution in [3.8, 4) is 0 Å². The molecule has 0 aliphatic heterocycles. The Labute approximate surface area is 89.9 Å². The summed E-state index contributed by atoms with van der Waals surface area (Å²) in [6.07, 6.45) is 0.603. The van der Waals surface area contributed by atoms with E-state index in [1.165, 1.54) is 12.1 Å². The molecule has 0 heterocycles. The fourth-order valence-electron chi connectivity index (χ4n) is 2.23. The molecule has 2 heteroatoms. The summed E-state index contributed by atoms with van der Waals surface area (Å²) in [5.41, 5.74) is 1.94. The van der Waals surface area contributed by atoms with Gasteiger partial charge in [0.2, 0.25) is 0 Å². The van der Waals surface area contributed by atoms with Crippen molar-refractivity contribution >= 4 is 0 Å². The lowest BCUT2D eigenvalue weighted by Gasteiger charge is -2.15. The van der Waals surface area contributed by atoms with Crippen molar-refractivity contribution in [3.05, 3.63) is 35.1 Å². The molecule has 1 N–H and O–H groups in total. The summed E-state index contributed by atoms with van der Waals surface area (Å²) in [4.78, 5) is 0. The normalized spacial score (nSPS) is 25.0. The fourth-order valence-corrected chi connectivity index (χ4v) is 2.23. The number of halogens is 1. The minimum atomic E-state index is -0.444. The highest BCUT2D eigenvalue weighted by Crippen LogP contribution is 2.57. The van der Waals surface area contributed by atoms with Gasteiger partial charge in [-0.2, -0.15) is 0 Å². The zero-order valence-electron chi connectivity index (χ0n) is 9.42. The average Bonchev–Trinajstić information content (AvgIpc) is 2.74. The van der Waals surface area contributed by atoms with Crippen molar-refractivity contribution in [2.24, 2.45) is 11.3 Å². The van der Waals surface area contributed by atoms with Crippen LogP contribution in [-0.2, 0) is 0 Å². The van der Waals surface area contributed by atoms with Gasteiger partial charge in [0.05, 0.1) is 6.10 Å². The number of benzene rings is 1. The van der Waals surface area contributed by atoms with E-state index in [9.17, 15) is 9.50 Å². The molecule has 0 amide bonds. The molecular weight excluding hydrogens is 191 g/mol. The molecule has 1 fully saturated rings. The van der Waals surface area contributed by atoms with E-state index in [1.807, 2.05) is 6.92 Å². The highest BCUT2D eigenvalue weighted by Gasteiger charge is 2.50. The molecule has 82 valence electrons. The molecule has 1 saturated carbocycles. The number of aryl methyl sites for hydroxylation is 1. The largest absolute Gasteiger partial charge is 0.388 e. The Kier molecular flexibility index (Phi) is 2.34. The smallest absolute Gasteiger partial charge is 0.123 e. The number of aliphatic hydroxyl groups excluding tert-OH is 1. The molecule has 1 aromatic carbocycles. The Morgan fingerprint density at radius 1 is 1.47 bits per heavy atom. The van der Waals surface area contributed by atoms with Crippen LogP contribution in [0.5, 0.6) is 0 Å². The van der Waals surface area contributed by atoms with Gasteiger partial charge < -0.3 is 5.11 Å². The van der Waals surface area contributed by atoms with Crippen LogP contribution in [0.1, 0.15) is 37.5 Å². The molecule has 0 spiro atoms. The molecular formula is C13H17FO. The van der Waals surface area contributed by atoms with Gasteiger partial charge in [0.25, 0.3) is 0 Å². The second-order valence-electron chi connectivity index (χ2n) is 5.24. The molecule has 0 saturated heterocycles. The summed E-state index contributed by atoms with van der Waals surface area (Å²) < 4.78 is 12.9. The third-order valence-corrected chi connectivity index (χ3v) is 3.52. The zero-order valence-corrected chi connectivity index (χ0v) is 9.42. The monoisotopic (exact) mass is 208 g/mol. The van der Waals surface area contributed by atoms with Crippen LogP contribution in [-0.4, -0.2) is 5.11 Å². The highest BCUT2D eigenvalue weighted by molar-refractivity contribution is 5.30. The minimum Gasteiger partial charge on any atom is -0.388 e. The van der Waals surface area contributed by atoms with Crippen LogP contribution in [0.3, 0.4) is 0 Å². The van der Waals surface area contributed by atoms with Crippen LogP contribution in [0.4, 0.5) is 4.39 Å². The van der Waals surface area contributed by atoms with E-state index < -0.39 is 6.10 Å². The lowest BCUT2D eigenvalue weighted by molar-refractivity contribution is 0.137. The molecule has 1 aliphatic rings. The van der Waals surface area contributed by atoms with Crippen molar-refractivity contribution in [2.45, 2.75) is 33.3 Å². The van der Waals surface area contributed by atoms with Crippen LogP contribution in [0.15, 0.2) is 18.2 Å². The summed E-state index contributed by atoms with van der Waals surface area (Å²) in [5, 5.41) is 10.1. The maximum absolute atomic E-state index is 12.9. The van der Waals surface area contributed by atoms with Gasteiger partial charge in [-0.1, -0.05) is 19.9 Å². The second kappa shape index (κ2) is 3.31. The molecule has 1 nitrogen and oxygen atoms in total. The van der Waals surface area contributed by atoms with Gasteiger partial charge in [-0.25, -0.2) is 4.39 Å². The van der Waals surface area contributed by atoms with E-state index in [0.717, 1.165) is 17.5 Å². The molecule has 2 unspecified atom stereocenters. The van der Waals surface area contributed by atoms with Crippen molar-refractivity contribution < 1.29 is 9.50 Å². The Bertz CT molecular complexity index is 384. The van der Waals surface area contributed by atoms with Gasteiger partial charge in [-0.05, 0) is 47.9 Å². The first kappa shape index (κ1) is 10.6. The number of rotatable bonds is 2. The molecule has 2 atom stereocenters. The van der Waals surface area contributed by atoms with Crippen molar-refractivity contribution in [3.63, 3.8) is 0 Å². The zero-order chi connectivity index (χ0) is 11.2. The van der Waals surface area contributed by atoms with E-state index >= 15 is 0 Å². The summed E-state index contributed by atoms with van der Waals surface area (Å²) in [6, 6.07) is 4.60. The minimum absolute atomic E-state index is 0.236. The quantitative estimate of drug-likeness (QED) is 0.791. The summed E-state index contributed by atoms with van der Waals surface area (Å²) in [5.74, 6) is 0.0835. The maximum atomic E-state index is 12.9. The second-order valence-corrected chi connectivity index (χ2v) is 5.24. The van der Waals surface area contributed by atoms with Crippen molar-refractivity contribution in [1.82, 2.24) is 0 Å². The Balaban J connectivity index is 2.23. The Hall–Kier alpha value is -0.890. The standard InChI is InChI=1S/C13H17FO/c1-8-6-9(14)4-5-10(8)12(15)11-7-13(11,2)3/h4-6,11-12,15H,7H2,1-3H3. The van der Waals surface area contributed by atoms with Gasteiger partial charge in [-0.3, -0.25) is 0 Å². The van der Waals surface area contributed by atoms with Gasteiger partial charge in [0.15, 0.2) is 0 Å². The average molecular weight is 208 g/mol. The lowest BCUT2D eigenvalue weighted by Crippen LogP contribution is -2.06. The number of aliphatic hydroxyl groups is 1. The Morgan fingerprint density at radius 2 is 2.07 bits per heavy atom. The third-order valence-electron chi connectivity index (χ3n) is 3.52. The molecule has 0 bridgehead atoms. The van der Waals surface area contributed by atoms with Gasteiger partial charge >= 0.3 is 0 Å². The predicted molar refractivity (Wildman–Crippen MR) is 58.0 cm³/mol. The molecule has 1 aliphatic carbocycles. The summed E-state index contributed by atoms with van der Waals surface area (Å²) in [6.45, 7) is 6.15. The third kappa shape index (κ3) is 1.91. The number of hydrogen-bond acceptors (Lipinski definition) is 1. The van der Waals surface area contributed by atoms with E-state index in [0.29, 0.717) is 5.92 Å². The molecule has 0 radical (unpaired) electrons. The van der Waals surface area contributed by atoms with Crippen LogP contribution in [0.2, 0.25) is 0 Å². The topological polar surface area (TPSA) is 20.2 Å². The Morgan fingerprint density at radius 3 is 2.53 bits per heavy atom. The molecule has 0 aromatic heterocycles. The molecule has 2 rings (SSSR count). The molecule has 1 aromatic rings. The lowest BCUT2D eigenvalue weighted by atomic mass is 9.96. The van der Waals surface area contributed by atoms with Gasteiger partial charge in [-0.15, -0.1) is 0 Å². The maximum Gasteiger partial charge on any atom is 0.123 e. The van der Waals surface area contributed by atoms with Crippen LogP contribution >= 0.6 is 0 Å². The fraction of sp³-hybridized carbons (Fsp3) is 0.538. The SMILES string of the molecule is Cc1cc(F)ccc1C(O)C1CC1(C)C. The van der Waals surface area contributed by atoms with Gasteiger partial charge in [0.1, 0.15) is 5.82 Å². The van der Waals surface area contributed by atoms with E-state index in [2.05, 4.69) is 13.8 Å².